The van der Waals surface area contributed by atoms with Crippen LogP contribution in [0.2, 0.25) is 0 Å². The number of hydrogen-bond donors (Lipinski definition) is 6. The zero-order valence-corrected chi connectivity index (χ0v) is 34.4. The Morgan fingerprint density at radius 2 is 1.77 bits per heavy atom. The van der Waals surface area contributed by atoms with Gasteiger partial charge >= 0.3 is 0 Å². The van der Waals surface area contributed by atoms with E-state index in [4.69, 9.17) is 14.5 Å². The highest BCUT2D eigenvalue weighted by atomic mass is 19.1. The number of halogens is 1. The van der Waals surface area contributed by atoms with Gasteiger partial charge in [0.25, 0.3) is 23.3 Å². The first-order valence-corrected chi connectivity index (χ1v) is 20.1. The summed E-state index contributed by atoms with van der Waals surface area (Å²) in [6.07, 6.45) is 3.02. The molecule has 0 bridgehead atoms. The molecule has 6 amide bonds. The maximum Gasteiger partial charge on any atom is 0.257 e. The third-order valence-electron chi connectivity index (χ3n) is 11.9. The number of rotatable bonds is 14. The monoisotopic (exact) mass is 845 g/mol. The first kappa shape index (κ1) is 43.2. The maximum absolute atomic E-state index is 15.3. The molecule has 5 atom stereocenters. The lowest BCUT2D eigenvalue weighted by Gasteiger charge is -2.33. The minimum atomic E-state index is -2.10. The van der Waals surface area contributed by atoms with E-state index in [1.165, 1.54) is 26.8 Å². The first-order chi connectivity index (χ1) is 28.8. The number of carbonyl (C=O) groups excluding carboxylic acids is 6. The van der Waals surface area contributed by atoms with Crippen LogP contribution in [0.5, 0.6) is 0 Å². The fourth-order valence-corrected chi connectivity index (χ4v) is 8.29. The number of carbonyl (C=O) groups is 6. The van der Waals surface area contributed by atoms with Crippen molar-refractivity contribution >= 4 is 46.3 Å². The highest BCUT2D eigenvalue weighted by molar-refractivity contribution is 6.13. The molecule has 3 aromatic rings. The standard InChI is InChI=1S/C42H48FN7O11/c1-6-42(59)18-60-16-25-26(42)13-30-36-24(15-50(30)39(25)56)35-28(8-7-23-20(2)27(43)14-29(47-36)34(23)35)48-40(57)41(5,58)17-61-19-44-37(54)21(3)46-38(55)22(4)45-31(51)11-12-49-32(52)9-10-33(49)53/h9-10,13-14,21-22,28,58-59H,6-8,11-12,15-19H2,1-5H3,(H,44,54)(H,45,51)(H,46,55)(H,48,57)/t21-,22-,28-,41?,42+/m0/s1. The van der Waals surface area contributed by atoms with Crippen LogP contribution in [0.15, 0.2) is 29.1 Å². The predicted octanol–water partition coefficient (Wildman–Crippen LogP) is 0.270. The summed E-state index contributed by atoms with van der Waals surface area (Å²) in [5, 5.41) is 33.7. The fourth-order valence-electron chi connectivity index (χ4n) is 8.29. The molecule has 1 unspecified atom stereocenters. The molecular formula is C42H48FN7O11. The molecule has 18 nitrogen and oxygen atoms in total. The van der Waals surface area contributed by atoms with Gasteiger partial charge in [-0.1, -0.05) is 6.92 Å². The average Bonchev–Trinajstić information content (AvgIpc) is 3.75. The number of hydrogen-bond acceptors (Lipinski definition) is 12. The summed E-state index contributed by atoms with van der Waals surface area (Å²) < 4.78 is 28.0. The summed E-state index contributed by atoms with van der Waals surface area (Å²) in [5.41, 5.74) is 0.744. The summed E-state index contributed by atoms with van der Waals surface area (Å²) in [7, 11) is 0. The van der Waals surface area contributed by atoms with Crippen LogP contribution in [-0.4, -0.2) is 104 Å². The van der Waals surface area contributed by atoms with E-state index in [-0.39, 0.29) is 38.3 Å². The minimum Gasteiger partial charge on any atom is -0.383 e. The van der Waals surface area contributed by atoms with Crippen LogP contribution >= 0.6 is 0 Å². The van der Waals surface area contributed by atoms with Crippen molar-refractivity contribution in [3.63, 3.8) is 0 Å². The van der Waals surface area contributed by atoms with Crippen LogP contribution < -0.4 is 26.8 Å². The zero-order chi connectivity index (χ0) is 44.1. The molecule has 7 rings (SSSR count). The van der Waals surface area contributed by atoms with E-state index in [9.17, 15) is 43.8 Å². The number of amides is 6. The molecule has 0 spiro atoms. The van der Waals surface area contributed by atoms with Crippen molar-refractivity contribution in [3.8, 4) is 11.4 Å². The lowest BCUT2D eigenvalue weighted by molar-refractivity contribution is -0.146. The number of nitrogens with zero attached hydrogens (tertiary/aromatic N) is 3. The second-order valence-electron chi connectivity index (χ2n) is 16.2. The van der Waals surface area contributed by atoms with E-state index in [2.05, 4.69) is 21.3 Å². The normalized spacial score (nSPS) is 20.7. The van der Waals surface area contributed by atoms with E-state index in [0.717, 1.165) is 22.6 Å². The van der Waals surface area contributed by atoms with Crippen LogP contribution in [0, 0.1) is 12.7 Å². The Morgan fingerprint density at radius 1 is 1.07 bits per heavy atom. The minimum absolute atomic E-state index is 0.0244. The van der Waals surface area contributed by atoms with E-state index < -0.39 is 83.9 Å². The molecule has 2 aromatic heterocycles. The number of aryl methyl sites for hydroxylation is 1. The van der Waals surface area contributed by atoms with Gasteiger partial charge in [-0.2, -0.15) is 0 Å². The molecule has 19 heteroatoms. The quantitative estimate of drug-likeness (QED) is 0.0569. The Hall–Kier alpha value is -5.89. The molecule has 3 aliphatic heterocycles. The number of aromatic nitrogens is 2. The van der Waals surface area contributed by atoms with Crippen molar-refractivity contribution in [1.29, 1.82) is 0 Å². The molecule has 1 aliphatic carbocycles. The van der Waals surface area contributed by atoms with Gasteiger partial charge in [-0.3, -0.25) is 38.5 Å². The highest BCUT2D eigenvalue weighted by Gasteiger charge is 2.41. The van der Waals surface area contributed by atoms with Crippen molar-refractivity contribution in [3.05, 3.63) is 73.8 Å². The van der Waals surface area contributed by atoms with Gasteiger partial charge in [0.05, 0.1) is 49.3 Å². The summed E-state index contributed by atoms with van der Waals surface area (Å²) >= 11 is 0. The molecule has 0 radical (unpaired) electrons. The molecule has 4 aliphatic rings. The highest BCUT2D eigenvalue weighted by Crippen LogP contribution is 2.46. The average molecular weight is 846 g/mol. The van der Waals surface area contributed by atoms with Crippen molar-refractivity contribution in [2.45, 2.75) is 103 Å². The van der Waals surface area contributed by atoms with Crippen molar-refractivity contribution in [1.82, 2.24) is 35.7 Å². The summed E-state index contributed by atoms with van der Waals surface area (Å²) in [6, 6.07) is 0.285. The Kier molecular flexibility index (Phi) is 11.7. The first-order valence-electron chi connectivity index (χ1n) is 20.1. The van der Waals surface area contributed by atoms with Gasteiger partial charge in [-0.25, -0.2) is 9.37 Å². The van der Waals surface area contributed by atoms with E-state index >= 15 is 4.39 Å². The maximum atomic E-state index is 15.3. The van der Waals surface area contributed by atoms with Gasteiger partial charge in [0.15, 0.2) is 5.60 Å². The van der Waals surface area contributed by atoms with Crippen LogP contribution in [0.3, 0.4) is 0 Å². The summed E-state index contributed by atoms with van der Waals surface area (Å²) in [6.45, 7) is 6.56. The summed E-state index contributed by atoms with van der Waals surface area (Å²) in [5.74, 6) is -4.22. The van der Waals surface area contributed by atoms with Crippen LogP contribution in [-0.2, 0) is 63.4 Å². The fraction of sp³-hybridized carbons (Fsp3) is 0.476. The van der Waals surface area contributed by atoms with Crippen molar-refractivity contribution in [2.75, 3.05) is 26.5 Å². The zero-order valence-electron chi connectivity index (χ0n) is 34.4. The number of ether oxygens (including phenoxy) is 2. The molecule has 0 saturated heterocycles. The predicted molar refractivity (Wildman–Crippen MR) is 214 cm³/mol. The largest absolute Gasteiger partial charge is 0.383 e. The number of imide groups is 1. The van der Waals surface area contributed by atoms with E-state index in [1.807, 2.05) is 0 Å². The molecule has 6 N–H and O–H groups in total. The van der Waals surface area contributed by atoms with Gasteiger partial charge in [0, 0.05) is 47.7 Å². The Balaban J connectivity index is 0.983. The van der Waals surface area contributed by atoms with Crippen molar-refractivity contribution in [2.24, 2.45) is 0 Å². The second-order valence-corrected chi connectivity index (χ2v) is 16.2. The molecule has 0 saturated carbocycles. The second kappa shape index (κ2) is 16.5. The van der Waals surface area contributed by atoms with Gasteiger partial charge in [-0.15, -0.1) is 0 Å². The number of fused-ring (bicyclic) bond motifs is 5. The van der Waals surface area contributed by atoms with Gasteiger partial charge in [0.2, 0.25) is 17.7 Å². The Bertz CT molecular complexity index is 2470. The van der Waals surface area contributed by atoms with E-state index in [1.54, 1.807) is 24.5 Å². The van der Waals surface area contributed by atoms with Crippen LogP contribution in [0.25, 0.3) is 22.3 Å². The molecule has 1 aromatic carbocycles. The summed E-state index contributed by atoms with van der Waals surface area (Å²) in [4.78, 5) is 94.5. The molecule has 5 heterocycles. The van der Waals surface area contributed by atoms with Crippen LogP contribution in [0.1, 0.15) is 86.4 Å². The number of benzene rings is 1. The van der Waals surface area contributed by atoms with Gasteiger partial charge in [-0.05, 0) is 75.3 Å². The topological polar surface area (TPSA) is 248 Å². The molecule has 0 fully saturated rings. The van der Waals surface area contributed by atoms with E-state index in [0.29, 0.717) is 69.4 Å². The van der Waals surface area contributed by atoms with Gasteiger partial charge in [0.1, 0.15) is 30.2 Å². The Labute approximate surface area is 348 Å². The molecular weight excluding hydrogens is 797 g/mol. The lowest BCUT2D eigenvalue weighted by atomic mass is 9.81. The number of nitrogens with one attached hydrogen (secondary N) is 4. The molecule has 324 valence electrons. The van der Waals surface area contributed by atoms with Gasteiger partial charge < -0.3 is 45.5 Å². The lowest BCUT2D eigenvalue weighted by Crippen LogP contribution is -2.52. The van der Waals surface area contributed by atoms with Crippen LogP contribution in [0.4, 0.5) is 4.39 Å². The third-order valence-corrected chi connectivity index (χ3v) is 11.9. The Morgan fingerprint density at radius 3 is 2.48 bits per heavy atom. The SMILES string of the molecule is CC[C@@]1(O)COCc2c1cc1n(c2=O)Cc2c-1nc1cc(F)c(C)c3c1c2[C@@H](NC(=O)C(C)(O)COCNC(=O)[C@H](C)NC(=O)[C@H](C)NC(=O)CCN1C(=O)C=CC1=O)CC3. The smallest absolute Gasteiger partial charge is 0.257 e. The third kappa shape index (κ3) is 8.05. The number of aliphatic hydroxyl groups is 2. The molecule has 61 heavy (non-hydrogen) atoms. The number of pyridine rings is 2. The van der Waals surface area contributed by atoms with Crippen molar-refractivity contribution < 1.29 is 52.8 Å².